The van der Waals surface area contributed by atoms with Crippen molar-refractivity contribution in [3.63, 3.8) is 0 Å². The average molecular weight is 159 g/mol. The lowest BCUT2D eigenvalue weighted by Gasteiger charge is -1.97. The molecule has 2 N–H and O–H groups in total. The maximum Gasteiger partial charge on any atom is 0.213 e. The van der Waals surface area contributed by atoms with E-state index in [-0.39, 0.29) is 6.61 Å². The van der Waals surface area contributed by atoms with Gasteiger partial charge in [0, 0.05) is 6.54 Å². The third kappa shape index (κ3) is 1.25. The van der Waals surface area contributed by atoms with E-state index in [9.17, 15) is 0 Å². The van der Waals surface area contributed by atoms with Gasteiger partial charge in [-0.3, -0.25) is 9.78 Å². The van der Waals surface area contributed by atoms with Gasteiger partial charge in [0.1, 0.15) is 6.61 Å². The Kier molecular flexibility index (Phi) is 2.18. The second-order valence-corrected chi connectivity index (χ2v) is 2.23. The molecule has 0 aliphatic heterocycles. The Labute approximate surface area is 63.5 Å². The molecule has 0 saturated heterocycles. The minimum Gasteiger partial charge on any atom is -0.388 e. The fourth-order valence-electron chi connectivity index (χ4n) is 0.765. The number of rotatable bonds is 2. The molecule has 1 aromatic rings. The van der Waals surface area contributed by atoms with Gasteiger partial charge >= 0.3 is 0 Å². The first-order valence-electron chi connectivity index (χ1n) is 3.04. The molecule has 0 aromatic carbocycles. The number of aryl methyl sites for hydroxylation is 1. The highest BCUT2D eigenvalue weighted by Crippen LogP contribution is 1.93. The van der Waals surface area contributed by atoms with Crippen molar-refractivity contribution < 1.29 is 5.11 Å². The summed E-state index contributed by atoms with van der Waals surface area (Å²) in [5.74, 6) is 0.590. The monoisotopic (exact) mass is 159 g/mol. The third-order valence-electron chi connectivity index (χ3n) is 1.23. The molecule has 0 bridgehead atoms. The second kappa shape index (κ2) is 2.94. The number of aliphatic hydroxyl groups is 1. The van der Waals surface area contributed by atoms with Gasteiger partial charge in [-0.1, -0.05) is 0 Å². The molecular weight excluding hydrogens is 150 g/mol. The molecule has 0 fully saturated rings. The van der Waals surface area contributed by atoms with Gasteiger partial charge in [0.25, 0.3) is 0 Å². The molecule has 10 heavy (non-hydrogen) atoms. The third-order valence-corrected chi connectivity index (χ3v) is 1.41. The molecule has 0 aliphatic carbocycles. The minimum atomic E-state index is -0.0685. The van der Waals surface area contributed by atoms with Crippen LogP contribution in [0.15, 0.2) is 0 Å². The van der Waals surface area contributed by atoms with Crippen molar-refractivity contribution in [2.45, 2.75) is 20.1 Å². The van der Waals surface area contributed by atoms with E-state index in [1.807, 2.05) is 6.92 Å². The number of aliphatic hydroxyl groups excluding tert-OH is 1. The largest absolute Gasteiger partial charge is 0.388 e. The number of H-pyrrole nitrogens is 1. The van der Waals surface area contributed by atoms with Crippen molar-refractivity contribution >= 4 is 12.2 Å². The van der Waals surface area contributed by atoms with Crippen molar-refractivity contribution in [3.05, 3.63) is 10.6 Å². The van der Waals surface area contributed by atoms with Gasteiger partial charge in [0.15, 0.2) is 5.82 Å². The number of aromatic nitrogens is 3. The van der Waals surface area contributed by atoms with Crippen LogP contribution in [0.1, 0.15) is 12.7 Å². The van der Waals surface area contributed by atoms with E-state index >= 15 is 0 Å². The van der Waals surface area contributed by atoms with Gasteiger partial charge in [-0.25, -0.2) is 4.98 Å². The van der Waals surface area contributed by atoms with Crippen molar-refractivity contribution in [1.29, 1.82) is 0 Å². The molecular formula is C5H9N3OS. The summed E-state index contributed by atoms with van der Waals surface area (Å²) in [6.45, 7) is 2.63. The summed E-state index contributed by atoms with van der Waals surface area (Å²) in [5, 5.41) is 11.5. The molecule has 0 radical (unpaired) electrons. The highest BCUT2D eigenvalue weighted by atomic mass is 32.1. The van der Waals surface area contributed by atoms with Crippen molar-refractivity contribution in [3.8, 4) is 0 Å². The fourth-order valence-corrected chi connectivity index (χ4v) is 0.980. The summed E-state index contributed by atoms with van der Waals surface area (Å²) in [6.07, 6.45) is 0. The Morgan fingerprint density at radius 1 is 1.80 bits per heavy atom. The van der Waals surface area contributed by atoms with E-state index < -0.39 is 0 Å². The van der Waals surface area contributed by atoms with Crippen LogP contribution in [0.2, 0.25) is 0 Å². The topological polar surface area (TPSA) is 53.8 Å². The lowest BCUT2D eigenvalue weighted by atomic mass is 10.6. The van der Waals surface area contributed by atoms with Crippen LogP contribution in [-0.2, 0) is 13.2 Å². The van der Waals surface area contributed by atoms with Gasteiger partial charge in [-0.15, -0.1) is 0 Å². The van der Waals surface area contributed by atoms with Gasteiger partial charge in [-0.2, -0.15) is 0 Å². The molecule has 1 rings (SSSR count). The molecule has 5 heteroatoms. The summed E-state index contributed by atoms with van der Waals surface area (Å²) in [4.78, 5) is 3.87. The Morgan fingerprint density at radius 2 is 2.50 bits per heavy atom. The van der Waals surface area contributed by atoms with E-state index in [0.717, 1.165) is 6.54 Å². The van der Waals surface area contributed by atoms with Crippen LogP contribution < -0.4 is 0 Å². The van der Waals surface area contributed by atoms with Crippen LogP contribution in [0, 0.1) is 4.77 Å². The highest BCUT2D eigenvalue weighted by Gasteiger charge is 1.98. The Bertz CT molecular complexity index is 240. The van der Waals surface area contributed by atoms with Crippen LogP contribution in [0.4, 0.5) is 0 Å². The highest BCUT2D eigenvalue weighted by molar-refractivity contribution is 7.71. The number of hydrogen-bond donors (Lipinski definition) is 2. The quantitative estimate of drug-likeness (QED) is 0.616. The van der Waals surface area contributed by atoms with Gasteiger partial charge in [-0.05, 0) is 19.1 Å². The van der Waals surface area contributed by atoms with E-state index in [1.54, 1.807) is 4.68 Å². The summed E-state index contributed by atoms with van der Waals surface area (Å²) < 4.78 is 2.13. The van der Waals surface area contributed by atoms with E-state index in [1.165, 1.54) is 0 Å². The zero-order chi connectivity index (χ0) is 7.56. The predicted molar refractivity (Wildman–Crippen MR) is 39.0 cm³/mol. The molecule has 0 amide bonds. The molecule has 56 valence electrons. The zero-order valence-corrected chi connectivity index (χ0v) is 6.48. The van der Waals surface area contributed by atoms with E-state index in [4.69, 9.17) is 17.3 Å². The first-order chi connectivity index (χ1) is 4.77. The van der Waals surface area contributed by atoms with Crippen LogP contribution in [-0.4, -0.2) is 19.9 Å². The summed E-state index contributed by atoms with van der Waals surface area (Å²) in [7, 11) is 0. The van der Waals surface area contributed by atoms with Crippen LogP contribution in [0.3, 0.4) is 0 Å². The average Bonchev–Trinajstić information content (AvgIpc) is 2.30. The summed E-state index contributed by atoms with van der Waals surface area (Å²) >= 11 is 4.75. The summed E-state index contributed by atoms with van der Waals surface area (Å²) in [5.41, 5.74) is 0. The molecule has 0 atom stereocenters. The van der Waals surface area contributed by atoms with Crippen LogP contribution in [0.5, 0.6) is 0 Å². The first kappa shape index (κ1) is 7.43. The molecule has 0 aliphatic rings. The van der Waals surface area contributed by atoms with Gasteiger partial charge in [0.05, 0.1) is 0 Å². The van der Waals surface area contributed by atoms with E-state index in [2.05, 4.69) is 10.1 Å². The van der Waals surface area contributed by atoms with Crippen LogP contribution in [0.25, 0.3) is 0 Å². The molecule has 0 spiro atoms. The van der Waals surface area contributed by atoms with Crippen molar-refractivity contribution in [1.82, 2.24) is 14.8 Å². The Hall–Kier alpha value is -0.680. The lowest BCUT2D eigenvalue weighted by molar-refractivity contribution is 0.263. The number of nitrogens with one attached hydrogen (secondary N) is 1. The normalized spacial score (nSPS) is 10.2. The number of aromatic amines is 1. The first-order valence-corrected chi connectivity index (χ1v) is 3.45. The fraction of sp³-hybridized carbons (Fsp3) is 0.600. The second-order valence-electron chi connectivity index (χ2n) is 1.85. The number of nitrogens with zero attached hydrogens (tertiary/aromatic N) is 2. The maximum atomic E-state index is 8.71. The lowest BCUT2D eigenvalue weighted by Crippen LogP contribution is -2.02. The Balaban J connectivity index is 3.08. The molecule has 1 aromatic heterocycles. The number of hydrogen-bond acceptors (Lipinski definition) is 3. The molecule has 0 unspecified atom stereocenters. The predicted octanol–water partition coefficient (Wildman–Crippen LogP) is 0.453. The van der Waals surface area contributed by atoms with Gasteiger partial charge in [0.2, 0.25) is 4.77 Å². The van der Waals surface area contributed by atoms with Crippen molar-refractivity contribution in [2.75, 3.05) is 0 Å². The van der Waals surface area contributed by atoms with Gasteiger partial charge < -0.3 is 5.11 Å². The smallest absolute Gasteiger partial charge is 0.213 e. The molecule has 4 nitrogen and oxygen atoms in total. The molecule has 1 heterocycles. The minimum absolute atomic E-state index is 0.0685. The zero-order valence-electron chi connectivity index (χ0n) is 5.66. The SMILES string of the molecule is CCn1[nH]c(=S)nc1CO. The van der Waals surface area contributed by atoms with E-state index in [0.29, 0.717) is 10.6 Å². The summed E-state index contributed by atoms with van der Waals surface area (Å²) in [6, 6.07) is 0. The maximum absolute atomic E-state index is 8.71. The standard InChI is InChI=1S/C5H9N3OS/c1-2-8-4(3-9)6-5(10)7-8/h9H,2-3H2,1H3,(H,7,10). The Morgan fingerprint density at radius 3 is 2.90 bits per heavy atom. The van der Waals surface area contributed by atoms with Crippen LogP contribution >= 0.6 is 12.2 Å². The van der Waals surface area contributed by atoms with Crippen molar-refractivity contribution in [2.24, 2.45) is 0 Å². The molecule has 0 saturated carbocycles.